The zero-order chi connectivity index (χ0) is 22.2. The van der Waals surface area contributed by atoms with Gasteiger partial charge in [-0.25, -0.2) is 8.42 Å². The van der Waals surface area contributed by atoms with E-state index in [1.54, 1.807) is 19.1 Å². The number of carboxylic acids is 1. The summed E-state index contributed by atoms with van der Waals surface area (Å²) in [5, 5.41) is 23.4. The van der Waals surface area contributed by atoms with E-state index in [0.717, 1.165) is 15.8 Å². The van der Waals surface area contributed by atoms with E-state index in [0.29, 0.717) is 11.0 Å². The van der Waals surface area contributed by atoms with Crippen LogP contribution in [0.1, 0.15) is 19.4 Å². The fraction of sp³-hybridized carbons (Fsp3) is 0.364. The van der Waals surface area contributed by atoms with Gasteiger partial charge in [0.1, 0.15) is 0 Å². The van der Waals surface area contributed by atoms with Crippen molar-refractivity contribution in [3.8, 4) is 0 Å². The molecule has 5 rings (SSSR count). The molecule has 0 radical (unpaired) electrons. The number of rotatable bonds is 4. The molecule has 4 atom stereocenters. The standard InChI is InChI=1S/C22H22N2O6S.Na/c1-11-15(20(22(27)28)24-19(11)17(12(2)25)21(24)26)10-23-9-14-7-3-5-13-6-4-8-16(18(13)14)31(23,29)30;/h3-8,11-12,17,19,25H,9-10H2,1-2H3,(H,27,28);/q;+1/p-1/t11-,12+,17+,19+;/m0./s1. The number of aliphatic hydroxyl groups excluding tert-OH is 1. The molecule has 0 spiro atoms. The second-order valence-electron chi connectivity index (χ2n) is 8.46. The number of sulfonamides is 1. The van der Waals surface area contributed by atoms with Crippen LogP contribution in [0.2, 0.25) is 0 Å². The van der Waals surface area contributed by atoms with E-state index in [-0.39, 0.29) is 53.2 Å². The van der Waals surface area contributed by atoms with Gasteiger partial charge in [-0.3, -0.25) is 4.79 Å². The molecule has 2 aromatic carbocycles. The number of benzene rings is 2. The van der Waals surface area contributed by atoms with Crippen molar-refractivity contribution in [3.63, 3.8) is 0 Å². The second-order valence-corrected chi connectivity index (χ2v) is 10.4. The van der Waals surface area contributed by atoms with Gasteiger partial charge in [-0.05, 0) is 29.5 Å². The minimum atomic E-state index is -3.87. The van der Waals surface area contributed by atoms with Crippen LogP contribution in [-0.2, 0) is 26.2 Å². The maximum atomic E-state index is 13.4. The predicted molar refractivity (Wildman–Crippen MR) is 109 cm³/mol. The molecule has 1 fully saturated rings. The zero-order valence-corrected chi connectivity index (χ0v) is 20.8. The average molecular weight is 464 g/mol. The molecule has 3 heterocycles. The second kappa shape index (κ2) is 7.93. The summed E-state index contributed by atoms with van der Waals surface area (Å²) in [4.78, 5) is 25.8. The molecule has 2 aromatic rings. The van der Waals surface area contributed by atoms with Crippen LogP contribution in [0, 0.1) is 11.8 Å². The van der Waals surface area contributed by atoms with Crippen LogP contribution >= 0.6 is 0 Å². The van der Waals surface area contributed by atoms with Gasteiger partial charge in [-0.2, -0.15) is 4.31 Å². The van der Waals surface area contributed by atoms with Crippen molar-refractivity contribution in [2.75, 3.05) is 6.54 Å². The van der Waals surface area contributed by atoms with Gasteiger partial charge in [-0.15, -0.1) is 0 Å². The number of hydrogen-bond acceptors (Lipinski definition) is 6. The molecule has 0 aliphatic carbocycles. The molecule has 162 valence electrons. The van der Waals surface area contributed by atoms with Gasteiger partial charge in [0.25, 0.3) is 0 Å². The molecule has 32 heavy (non-hydrogen) atoms. The van der Waals surface area contributed by atoms with Crippen molar-refractivity contribution in [1.82, 2.24) is 9.21 Å². The normalized spacial score (nSPS) is 27.0. The minimum Gasteiger partial charge on any atom is -0.543 e. The third kappa shape index (κ3) is 3.10. The Balaban J connectivity index is 0.00000245. The summed E-state index contributed by atoms with van der Waals surface area (Å²) in [6.07, 6.45) is -0.929. The molecule has 10 heteroatoms. The molecule has 0 bridgehead atoms. The Hall–Kier alpha value is -1.75. The third-order valence-electron chi connectivity index (χ3n) is 6.77. The summed E-state index contributed by atoms with van der Waals surface area (Å²) in [6.45, 7) is 3.20. The molecular formula is C22H21N2NaO6S. The van der Waals surface area contributed by atoms with Gasteiger partial charge >= 0.3 is 29.6 Å². The van der Waals surface area contributed by atoms with Crippen molar-refractivity contribution in [3.05, 3.63) is 53.2 Å². The van der Waals surface area contributed by atoms with E-state index in [4.69, 9.17) is 0 Å². The van der Waals surface area contributed by atoms with Crippen LogP contribution in [0.4, 0.5) is 0 Å². The van der Waals surface area contributed by atoms with Crippen LogP contribution in [-0.4, -0.2) is 53.3 Å². The summed E-state index contributed by atoms with van der Waals surface area (Å²) in [7, 11) is -3.87. The number of amides is 1. The molecule has 8 nitrogen and oxygen atoms in total. The molecule has 0 saturated carbocycles. The van der Waals surface area contributed by atoms with Gasteiger partial charge in [0.2, 0.25) is 15.9 Å². The van der Waals surface area contributed by atoms with Gasteiger partial charge in [0.05, 0.1) is 34.6 Å². The summed E-state index contributed by atoms with van der Waals surface area (Å²) in [5.41, 5.74) is 0.897. The molecule has 1 amide bonds. The molecule has 3 aliphatic rings. The summed E-state index contributed by atoms with van der Waals surface area (Å²) < 4.78 is 28.1. The summed E-state index contributed by atoms with van der Waals surface area (Å²) in [6, 6.07) is 10.2. The van der Waals surface area contributed by atoms with Gasteiger partial charge in [-0.1, -0.05) is 37.3 Å². The van der Waals surface area contributed by atoms with E-state index in [1.807, 2.05) is 24.3 Å². The topological polar surface area (TPSA) is 118 Å². The summed E-state index contributed by atoms with van der Waals surface area (Å²) in [5.74, 6) is -3.13. The Bertz CT molecular complexity index is 1280. The SMILES string of the molecule is C[C@@H](O)[C@H]1C(=O)N2C(C(=O)[O-])=C(CN3Cc4cccc5cccc(c45)S3(=O)=O)[C@H](C)[C@H]12.[Na+]. The number of aliphatic hydroxyl groups is 1. The van der Waals surface area contributed by atoms with Crippen LogP contribution in [0.15, 0.2) is 52.6 Å². The Morgan fingerprint density at radius 2 is 1.91 bits per heavy atom. The van der Waals surface area contributed by atoms with Gasteiger partial charge < -0.3 is 19.9 Å². The fourth-order valence-electron chi connectivity index (χ4n) is 5.32. The van der Waals surface area contributed by atoms with Crippen molar-refractivity contribution >= 4 is 32.7 Å². The number of aliphatic carboxylic acids is 1. The van der Waals surface area contributed by atoms with E-state index in [2.05, 4.69) is 0 Å². The Morgan fingerprint density at radius 1 is 1.25 bits per heavy atom. The van der Waals surface area contributed by atoms with E-state index in [9.17, 15) is 28.2 Å². The number of nitrogens with zero attached hydrogens (tertiary/aromatic N) is 2. The molecule has 3 aliphatic heterocycles. The first-order chi connectivity index (χ1) is 14.6. The number of β-lactam (4-membered cyclic amide) rings is 1. The molecular weight excluding hydrogens is 443 g/mol. The first-order valence-corrected chi connectivity index (χ1v) is 11.5. The van der Waals surface area contributed by atoms with Crippen LogP contribution in [0.3, 0.4) is 0 Å². The first-order valence-electron chi connectivity index (χ1n) is 10.1. The molecule has 0 unspecified atom stereocenters. The first kappa shape index (κ1) is 23.4. The maximum absolute atomic E-state index is 13.4. The Kier molecular flexibility index (Phi) is 5.80. The van der Waals surface area contributed by atoms with E-state index in [1.165, 1.54) is 11.2 Å². The van der Waals surface area contributed by atoms with E-state index < -0.39 is 45.9 Å². The van der Waals surface area contributed by atoms with Crippen LogP contribution in [0.25, 0.3) is 10.8 Å². The number of carbonyl (C=O) groups is 2. The predicted octanol–water partition coefficient (Wildman–Crippen LogP) is -2.79. The maximum Gasteiger partial charge on any atom is 1.00 e. The molecule has 0 aromatic heterocycles. The largest absolute Gasteiger partial charge is 1.00 e. The van der Waals surface area contributed by atoms with Crippen molar-refractivity contribution in [2.45, 2.75) is 37.4 Å². The van der Waals surface area contributed by atoms with Gasteiger partial charge in [0.15, 0.2) is 0 Å². The quantitative estimate of drug-likeness (QED) is 0.386. The molecule has 1 saturated heterocycles. The fourth-order valence-corrected chi connectivity index (χ4v) is 6.97. The number of fused-ring (bicyclic) bond motifs is 1. The average Bonchev–Trinajstić information content (AvgIpc) is 2.94. The Morgan fingerprint density at radius 3 is 2.53 bits per heavy atom. The van der Waals surface area contributed by atoms with Crippen molar-refractivity contribution in [2.24, 2.45) is 11.8 Å². The van der Waals surface area contributed by atoms with Gasteiger partial charge in [0, 0.05) is 24.4 Å². The smallest absolute Gasteiger partial charge is 0.543 e. The van der Waals surface area contributed by atoms with E-state index >= 15 is 0 Å². The minimum absolute atomic E-state index is 0. The monoisotopic (exact) mass is 464 g/mol. The Labute approximate surface area is 207 Å². The number of carbonyl (C=O) groups excluding carboxylic acids is 2. The summed E-state index contributed by atoms with van der Waals surface area (Å²) >= 11 is 0. The van der Waals surface area contributed by atoms with Crippen molar-refractivity contribution < 1.29 is 57.8 Å². The zero-order valence-electron chi connectivity index (χ0n) is 18.0. The van der Waals surface area contributed by atoms with Crippen LogP contribution < -0.4 is 34.7 Å². The number of hydrogen-bond donors (Lipinski definition) is 1. The molecule has 1 N–H and O–H groups in total. The van der Waals surface area contributed by atoms with Crippen LogP contribution in [0.5, 0.6) is 0 Å². The van der Waals surface area contributed by atoms with Crippen molar-refractivity contribution in [1.29, 1.82) is 0 Å². The third-order valence-corrected chi connectivity index (χ3v) is 8.61. The number of carboxylic acid groups (broad SMARTS) is 1.